The Morgan fingerprint density at radius 3 is 2.38 bits per heavy atom. The third-order valence-corrected chi connectivity index (χ3v) is 5.00. The van der Waals surface area contributed by atoms with Crippen LogP contribution in [0.25, 0.3) is 0 Å². The summed E-state index contributed by atoms with van der Waals surface area (Å²) in [6, 6.07) is 0.706. The molecule has 16 heavy (non-hydrogen) atoms. The van der Waals surface area contributed by atoms with Gasteiger partial charge in [0.1, 0.15) is 5.78 Å². The van der Waals surface area contributed by atoms with Gasteiger partial charge in [-0.3, -0.25) is 9.69 Å². The van der Waals surface area contributed by atoms with Crippen LogP contribution in [0.15, 0.2) is 0 Å². The number of carbonyl (C=O) groups is 1. The van der Waals surface area contributed by atoms with Crippen molar-refractivity contribution < 1.29 is 4.79 Å². The van der Waals surface area contributed by atoms with Crippen molar-refractivity contribution >= 4 is 5.78 Å². The molecule has 1 aliphatic carbocycles. The van der Waals surface area contributed by atoms with Crippen LogP contribution in [0.4, 0.5) is 0 Å². The SMILES string of the molecule is CCC1(CC)CCN(C2CCC(=O)CC2)C1. The number of hydrogen-bond donors (Lipinski definition) is 0. The van der Waals surface area contributed by atoms with Gasteiger partial charge in [0.25, 0.3) is 0 Å². The summed E-state index contributed by atoms with van der Waals surface area (Å²) in [5, 5.41) is 0. The molecule has 0 atom stereocenters. The predicted molar refractivity (Wildman–Crippen MR) is 66.5 cm³/mol. The summed E-state index contributed by atoms with van der Waals surface area (Å²) in [5.41, 5.74) is 0.585. The highest BCUT2D eigenvalue weighted by atomic mass is 16.1. The first kappa shape index (κ1) is 12.1. The van der Waals surface area contributed by atoms with E-state index in [1.165, 1.54) is 32.4 Å². The number of likely N-dealkylation sites (tertiary alicyclic amines) is 1. The summed E-state index contributed by atoms with van der Waals surface area (Å²) in [6.07, 6.45) is 7.87. The summed E-state index contributed by atoms with van der Waals surface area (Å²) in [6.45, 7) is 7.20. The summed E-state index contributed by atoms with van der Waals surface area (Å²) in [5.74, 6) is 0.479. The standard InChI is InChI=1S/C14H25NO/c1-3-14(4-2)9-10-15(11-14)12-5-7-13(16)8-6-12/h12H,3-11H2,1-2H3. The molecule has 0 bridgehead atoms. The third-order valence-electron chi connectivity index (χ3n) is 5.00. The van der Waals surface area contributed by atoms with Crippen LogP contribution in [-0.2, 0) is 4.79 Å². The molecule has 1 saturated heterocycles. The number of hydrogen-bond acceptors (Lipinski definition) is 2. The molecule has 0 amide bonds. The Hall–Kier alpha value is -0.370. The minimum atomic E-state index is 0.479. The zero-order valence-corrected chi connectivity index (χ0v) is 10.8. The average molecular weight is 223 g/mol. The molecule has 2 nitrogen and oxygen atoms in total. The van der Waals surface area contributed by atoms with Gasteiger partial charge >= 0.3 is 0 Å². The van der Waals surface area contributed by atoms with Crippen molar-refractivity contribution in [2.75, 3.05) is 13.1 Å². The third kappa shape index (κ3) is 2.32. The van der Waals surface area contributed by atoms with Crippen molar-refractivity contribution in [2.45, 2.75) is 64.8 Å². The lowest BCUT2D eigenvalue weighted by atomic mass is 9.81. The smallest absolute Gasteiger partial charge is 0.133 e. The van der Waals surface area contributed by atoms with E-state index < -0.39 is 0 Å². The fourth-order valence-electron chi connectivity index (χ4n) is 3.40. The Kier molecular flexibility index (Phi) is 3.68. The summed E-state index contributed by atoms with van der Waals surface area (Å²) in [4.78, 5) is 13.9. The van der Waals surface area contributed by atoms with Gasteiger partial charge in [0.05, 0.1) is 0 Å². The highest BCUT2D eigenvalue weighted by Gasteiger charge is 2.38. The van der Waals surface area contributed by atoms with E-state index in [-0.39, 0.29) is 0 Å². The summed E-state index contributed by atoms with van der Waals surface area (Å²) >= 11 is 0. The van der Waals surface area contributed by atoms with Crippen LogP contribution in [0, 0.1) is 5.41 Å². The van der Waals surface area contributed by atoms with Gasteiger partial charge in [0, 0.05) is 25.4 Å². The van der Waals surface area contributed by atoms with E-state index in [0.717, 1.165) is 25.7 Å². The molecule has 0 radical (unpaired) electrons. The first-order valence-electron chi connectivity index (χ1n) is 6.95. The summed E-state index contributed by atoms with van der Waals surface area (Å²) < 4.78 is 0. The summed E-state index contributed by atoms with van der Waals surface area (Å²) in [7, 11) is 0. The maximum atomic E-state index is 11.2. The van der Waals surface area contributed by atoms with E-state index >= 15 is 0 Å². The molecule has 2 fully saturated rings. The van der Waals surface area contributed by atoms with Crippen LogP contribution in [0.2, 0.25) is 0 Å². The lowest BCUT2D eigenvalue weighted by molar-refractivity contribution is -0.121. The van der Waals surface area contributed by atoms with Gasteiger partial charge in [0.15, 0.2) is 0 Å². The van der Waals surface area contributed by atoms with Gasteiger partial charge < -0.3 is 0 Å². The molecular formula is C14H25NO. The topological polar surface area (TPSA) is 20.3 Å². The van der Waals surface area contributed by atoms with E-state index in [0.29, 0.717) is 17.2 Å². The van der Waals surface area contributed by atoms with Crippen LogP contribution in [0.3, 0.4) is 0 Å². The van der Waals surface area contributed by atoms with E-state index in [4.69, 9.17) is 0 Å². The Labute approximate surface area is 99.4 Å². The normalized spacial score (nSPS) is 27.5. The van der Waals surface area contributed by atoms with E-state index in [1.54, 1.807) is 0 Å². The van der Waals surface area contributed by atoms with Crippen molar-refractivity contribution in [3.8, 4) is 0 Å². The number of nitrogens with zero attached hydrogens (tertiary/aromatic N) is 1. The average Bonchev–Trinajstić information content (AvgIpc) is 2.75. The lowest BCUT2D eigenvalue weighted by Gasteiger charge is -2.33. The number of rotatable bonds is 3. The first-order chi connectivity index (χ1) is 7.69. The van der Waals surface area contributed by atoms with Crippen LogP contribution in [-0.4, -0.2) is 29.8 Å². The second-order valence-electron chi connectivity index (χ2n) is 5.70. The fourth-order valence-corrected chi connectivity index (χ4v) is 3.40. The molecule has 0 aromatic heterocycles. The quantitative estimate of drug-likeness (QED) is 0.733. The first-order valence-corrected chi connectivity index (χ1v) is 6.95. The van der Waals surface area contributed by atoms with Gasteiger partial charge in [0.2, 0.25) is 0 Å². The van der Waals surface area contributed by atoms with Gasteiger partial charge in [-0.05, 0) is 44.1 Å². The van der Waals surface area contributed by atoms with Gasteiger partial charge in [-0.2, -0.15) is 0 Å². The molecule has 0 N–H and O–H groups in total. The van der Waals surface area contributed by atoms with E-state index in [2.05, 4.69) is 18.7 Å². The van der Waals surface area contributed by atoms with Crippen molar-refractivity contribution in [1.82, 2.24) is 4.90 Å². The molecule has 0 spiro atoms. The molecule has 2 rings (SSSR count). The predicted octanol–water partition coefficient (Wildman–Crippen LogP) is 3.01. The number of Topliss-reactive ketones (excluding diaryl/α,β-unsaturated/α-hetero) is 1. The van der Waals surface area contributed by atoms with Crippen LogP contribution < -0.4 is 0 Å². The number of carbonyl (C=O) groups excluding carboxylic acids is 1. The Morgan fingerprint density at radius 1 is 1.25 bits per heavy atom. The highest BCUT2D eigenvalue weighted by Crippen LogP contribution is 2.39. The van der Waals surface area contributed by atoms with Crippen LogP contribution >= 0.6 is 0 Å². The fraction of sp³-hybridized carbons (Fsp3) is 0.929. The monoisotopic (exact) mass is 223 g/mol. The molecule has 0 aromatic carbocycles. The second kappa shape index (κ2) is 4.87. The maximum Gasteiger partial charge on any atom is 0.133 e. The Morgan fingerprint density at radius 2 is 1.88 bits per heavy atom. The molecule has 1 saturated carbocycles. The largest absolute Gasteiger partial charge is 0.300 e. The molecule has 0 unspecified atom stereocenters. The van der Waals surface area contributed by atoms with Gasteiger partial charge in [-0.25, -0.2) is 0 Å². The van der Waals surface area contributed by atoms with Gasteiger partial charge in [-0.1, -0.05) is 13.8 Å². The molecule has 1 heterocycles. The minimum Gasteiger partial charge on any atom is -0.300 e. The number of ketones is 1. The van der Waals surface area contributed by atoms with Crippen LogP contribution in [0.1, 0.15) is 58.8 Å². The van der Waals surface area contributed by atoms with E-state index in [1.807, 2.05) is 0 Å². The molecule has 0 aromatic rings. The van der Waals surface area contributed by atoms with Crippen molar-refractivity contribution in [3.05, 3.63) is 0 Å². The molecule has 92 valence electrons. The minimum absolute atomic E-state index is 0.479. The van der Waals surface area contributed by atoms with Crippen molar-refractivity contribution in [1.29, 1.82) is 0 Å². The zero-order chi connectivity index (χ0) is 11.6. The molecule has 1 aliphatic heterocycles. The molecule has 2 aliphatic rings. The Balaban J connectivity index is 1.90. The van der Waals surface area contributed by atoms with Crippen molar-refractivity contribution in [3.63, 3.8) is 0 Å². The Bertz CT molecular complexity index is 247. The van der Waals surface area contributed by atoms with Crippen LogP contribution in [0.5, 0.6) is 0 Å². The van der Waals surface area contributed by atoms with Crippen molar-refractivity contribution in [2.24, 2.45) is 5.41 Å². The molecule has 2 heteroatoms. The van der Waals surface area contributed by atoms with Gasteiger partial charge in [-0.15, -0.1) is 0 Å². The van der Waals surface area contributed by atoms with E-state index in [9.17, 15) is 4.79 Å². The molecular weight excluding hydrogens is 198 g/mol. The second-order valence-corrected chi connectivity index (χ2v) is 5.70. The zero-order valence-electron chi connectivity index (χ0n) is 10.8. The highest BCUT2D eigenvalue weighted by molar-refractivity contribution is 5.79. The lowest BCUT2D eigenvalue weighted by Crippen LogP contribution is -2.38. The maximum absolute atomic E-state index is 11.2.